The van der Waals surface area contributed by atoms with Crippen LogP contribution in [0.1, 0.15) is 12.8 Å². The van der Waals surface area contributed by atoms with Crippen molar-refractivity contribution < 1.29 is 38.3 Å². The number of nitrogens with zero attached hydrogens (tertiary/aromatic N) is 3. The lowest BCUT2D eigenvalue weighted by Crippen LogP contribution is -2.65. The molecule has 0 radical (unpaired) electrons. The lowest BCUT2D eigenvalue weighted by molar-refractivity contribution is -0.216. The Morgan fingerprint density at radius 2 is 1.91 bits per heavy atom. The number of nitrogens with one attached hydrogen (secondary N) is 1. The maximum Gasteiger partial charge on any atom is 0.288 e. The highest BCUT2D eigenvalue weighted by Crippen LogP contribution is 2.40. The second-order valence-electron chi connectivity index (χ2n) is 9.19. The van der Waals surface area contributed by atoms with Crippen LogP contribution < -0.4 is 5.32 Å². The predicted octanol–water partition coefficient (Wildman–Crippen LogP) is -1.42. The van der Waals surface area contributed by atoms with E-state index in [0.29, 0.717) is 6.02 Å². The van der Waals surface area contributed by atoms with Crippen molar-refractivity contribution in [2.45, 2.75) is 67.7 Å². The molecule has 180 valence electrons. The largest absolute Gasteiger partial charge is 0.460 e. The molecule has 0 aromatic carbocycles. The molecule has 2 aliphatic carbocycles. The molecule has 5 rings (SSSR count). The number of likely N-dealkylation sites (tertiary alicyclic amines) is 1. The third kappa shape index (κ3) is 3.42. The van der Waals surface area contributed by atoms with Gasteiger partial charge >= 0.3 is 0 Å². The van der Waals surface area contributed by atoms with Gasteiger partial charge in [0.2, 0.25) is 0 Å². The smallest absolute Gasteiger partial charge is 0.288 e. The molecule has 0 bridgehead atoms. The maximum absolute atomic E-state index is 14.1. The average Bonchev–Trinajstić information content (AvgIpc) is 3.36. The number of alkyl halides is 2. The highest BCUT2D eigenvalue weighted by Gasteiger charge is 2.58. The number of halogens is 2. The van der Waals surface area contributed by atoms with E-state index in [4.69, 9.17) is 14.2 Å². The fourth-order valence-electron chi connectivity index (χ4n) is 5.38. The zero-order chi connectivity index (χ0) is 22.6. The van der Waals surface area contributed by atoms with E-state index in [0.717, 1.165) is 19.5 Å². The van der Waals surface area contributed by atoms with Gasteiger partial charge in [-0.2, -0.15) is 0 Å². The number of fused-ring (bicyclic) bond motifs is 2. The molecule has 10 nitrogen and oxygen atoms in total. The Bertz CT molecular complexity index is 770. The van der Waals surface area contributed by atoms with Crippen LogP contribution in [0.25, 0.3) is 0 Å². The van der Waals surface area contributed by atoms with Crippen molar-refractivity contribution in [3.8, 4) is 0 Å². The van der Waals surface area contributed by atoms with Crippen LogP contribution in [0.5, 0.6) is 0 Å². The molecule has 0 aromatic rings. The van der Waals surface area contributed by atoms with Crippen molar-refractivity contribution in [3.05, 3.63) is 0 Å². The molecule has 32 heavy (non-hydrogen) atoms. The Hall–Kier alpha value is -1.76. The minimum Gasteiger partial charge on any atom is -0.460 e. The number of ether oxygens (including phenoxy) is 3. The minimum atomic E-state index is -1.43. The zero-order valence-corrected chi connectivity index (χ0v) is 17.8. The van der Waals surface area contributed by atoms with E-state index >= 15 is 0 Å². The summed E-state index contributed by atoms with van der Waals surface area (Å²) in [6, 6.07) is -0.759. The van der Waals surface area contributed by atoms with E-state index in [2.05, 4.69) is 15.3 Å². The first kappa shape index (κ1) is 22.1. The van der Waals surface area contributed by atoms with E-state index < -0.39 is 80.0 Å². The first-order valence-corrected chi connectivity index (χ1v) is 11.2. The average molecular weight is 460 g/mol. The quantitative estimate of drug-likeness (QED) is 0.403. The Morgan fingerprint density at radius 1 is 1.12 bits per heavy atom. The number of amidine groups is 2. The fourth-order valence-corrected chi connectivity index (χ4v) is 5.38. The summed E-state index contributed by atoms with van der Waals surface area (Å²) >= 11 is 0. The van der Waals surface area contributed by atoms with Gasteiger partial charge in [0.05, 0.1) is 31.6 Å². The van der Waals surface area contributed by atoms with Crippen molar-refractivity contribution in [2.24, 2.45) is 21.8 Å². The molecule has 11 atom stereocenters. The molecule has 0 aromatic heterocycles. The summed E-state index contributed by atoms with van der Waals surface area (Å²) in [7, 11) is 1.54. The molecule has 2 saturated heterocycles. The molecule has 0 amide bonds. The molecule has 0 spiro atoms. The van der Waals surface area contributed by atoms with Crippen molar-refractivity contribution >= 4 is 12.0 Å². The molecule has 4 N–H and O–H groups in total. The number of aliphatic hydroxyl groups excluding tert-OH is 3. The number of rotatable bonds is 4. The molecule has 11 unspecified atom stereocenters. The van der Waals surface area contributed by atoms with Crippen LogP contribution in [0.3, 0.4) is 0 Å². The normalized spacial score (nSPS) is 48.8. The summed E-state index contributed by atoms with van der Waals surface area (Å²) in [4.78, 5) is 10.3. The lowest BCUT2D eigenvalue weighted by atomic mass is 9.76. The Balaban J connectivity index is 1.42. The van der Waals surface area contributed by atoms with Crippen LogP contribution in [0, 0.1) is 11.8 Å². The minimum absolute atomic E-state index is 0.264. The van der Waals surface area contributed by atoms with Gasteiger partial charge in [-0.3, -0.25) is 8.78 Å². The Labute approximate surface area is 184 Å². The van der Waals surface area contributed by atoms with Gasteiger partial charge in [-0.15, -0.1) is 0 Å². The molecular formula is C20H30F2N4O6. The van der Waals surface area contributed by atoms with Gasteiger partial charge < -0.3 is 39.7 Å². The van der Waals surface area contributed by atoms with E-state index in [9.17, 15) is 24.1 Å². The topological polar surface area (TPSA) is 128 Å². The predicted molar refractivity (Wildman–Crippen MR) is 108 cm³/mol. The number of aliphatic imine (C=N–C) groups is 2. The number of hydrogen-bond acceptors (Lipinski definition) is 9. The van der Waals surface area contributed by atoms with Crippen molar-refractivity contribution in [1.82, 2.24) is 10.2 Å². The molecule has 3 aliphatic heterocycles. The number of hydrogen-bond donors (Lipinski definition) is 4. The lowest BCUT2D eigenvalue weighted by Gasteiger charge is -2.47. The second kappa shape index (κ2) is 8.54. The van der Waals surface area contributed by atoms with E-state index in [-0.39, 0.29) is 12.4 Å². The van der Waals surface area contributed by atoms with E-state index in [1.807, 2.05) is 4.90 Å². The van der Waals surface area contributed by atoms with Crippen molar-refractivity contribution in [3.63, 3.8) is 0 Å². The zero-order valence-electron chi connectivity index (χ0n) is 17.8. The van der Waals surface area contributed by atoms with Gasteiger partial charge in [0.15, 0.2) is 6.10 Å². The Kier molecular flexibility index (Phi) is 5.89. The van der Waals surface area contributed by atoms with E-state index in [1.54, 1.807) is 7.05 Å². The van der Waals surface area contributed by atoms with Crippen LogP contribution >= 0.6 is 0 Å². The first-order valence-electron chi connectivity index (χ1n) is 11.2. The maximum atomic E-state index is 14.1. The van der Waals surface area contributed by atoms with Gasteiger partial charge in [-0.25, -0.2) is 9.98 Å². The summed E-state index contributed by atoms with van der Waals surface area (Å²) in [5, 5.41) is 35.1. The first-order chi connectivity index (χ1) is 15.5. The molecule has 12 heteroatoms. The van der Waals surface area contributed by atoms with Gasteiger partial charge in [-0.05, 0) is 12.8 Å². The molecule has 5 aliphatic rings. The van der Waals surface area contributed by atoms with E-state index in [1.165, 1.54) is 0 Å². The summed E-state index contributed by atoms with van der Waals surface area (Å²) in [5.41, 5.74) is 0. The molecule has 4 fully saturated rings. The van der Waals surface area contributed by atoms with Crippen molar-refractivity contribution in [1.29, 1.82) is 0 Å². The van der Waals surface area contributed by atoms with Gasteiger partial charge in [-0.1, -0.05) is 0 Å². The summed E-state index contributed by atoms with van der Waals surface area (Å²) in [5.74, 6) is -1.83. The fraction of sp³-hybridized carbons (Fsp3) is 0.900. The second-order valence-corrected chi connectivity index (χ2v) is 9.19. The Morgan fingerprint density at radius 3 is 2.53 bits per heavy atom. The van der Waals surface area contributed by atoms with Crippen LogP contribution in [0.4, 0.5) is 8.78 Å². The summed E-state index contributed by atoms with van der Waals surface area (Å²) < 4.78 is 45.7. The SMILES string of the molecule is CN=C1NC2C(CC(CF)C(O)C2OC2C(CF)C(O)C(O)C3N=C(N4CCC4)OC32)O1. The van der Waals surface area contributed by atoms with Crippen molar-refractivity contribution in [2.75, 3.05) is 33.5 Å². The van der Waals surface area contributed by atoms with Gasteiger partial charge in [0, 0.05) is 32.0 Å². The van der Waals surface area contributed by atoms with Crippen LogP contribution in [0.2, 0.25) is 0 Å². The van der Waals surface area contributed by atoms with Gasteiger partial charge in [0.25, 0.3) is 12.0 Å². The molecular weight excluding hydrogens is 430 g/mol. The van der Waals surface area contributed by atoms with Crippen LogP contribution in [-0.4, -0.2) is 121 Å². The summed E-state index contributed by atoms with van der Waals surface area (Å²) in [6.07, 6.45) is -5.96. The monoisotopic (exact) mass is 460 g/mol. The highest BCUT2D eigenvalue weighted by atomic mass is 19.1. The number of aliphatic hydroxyl groups is 3. The van der Waals surface area contributed by atoms with Gasteiger partial charge in [0.1, 0.15) is 30.5 Å². The highest BCUT2D eigenvalue weighted by molar-refractivity contribution is 5.77. The third-order valence-corrected chi connectivity index (χ3v) is 7.40. The standard InChI is InChI=1S/C20H30F2N4O6/c1-23-19-24-11-10(30-19)5-8(6-21)13(27)17(11)31-16-9(7-22)14(28)15(29)12-18(16)32-20(25-12)26-3-2-4-26/h8-18,27-29H,2-7H2,1H3,(H,23,24). The van der Waals surface area contributed by atoms with Crippen LogP contribution in [-0.2, 0) is 14.2 Å². The third-order valence-electron chi connectivity index (χ3n) is 7.40. The summed E-state index contributed by atoms with van der Waals surface area (Å²) in [6.45, 7) is -0.212. The molecule has 3 heterocycles. The van der Waals surface area contributed by atoms with Crippen LogP contribution in [0.15, 0.2) is 9.98 Å². The molecule has 2 saturated carbocycles.